The highest BCUT2D eigenvalue weighted by molar-refractivity contribution is 7.10. The van der Waals surface area contributed by atoms with Gasteiger partial charge in [0.25, 0.3) is 0 Å². The molecule has 2 heterocycles. The van der Waals surface area contributed by atoms with Crippen LogP contribution in [0.15, 0.2) is 29.9 Å². The summed E-state index contributed by atoms with van der Waals surface area (Å²) in [5.41, 5.74) is 0.306. The molecule has 0 aliphatic carbocycles. The van der Waals surface area contributed by atoms with E-state index in [0.717, 1.165) is 18.8 Å². The van der Waals surface area contributed by atoms with Gasteiger partial charge >= 0.3 is 0 Å². The number of aromatic nitrogens is 2. The third-order valence-electron chi connectivity index (χ3n) is 3.69. The van der Waals surface area contributed by atoms with E-state index in [2.05, 4.69) is 60.2 Å². The molecule has 0 aliphatic rings. The zero-order chi connectivity index (χ0) is 13.9. The van der Waals surface area contributed by atoms with Crippen molar-refractivity contribution >= 4 is 11.3 Å². The summed E-state index contributed by atoms with van der Waals surface area (Å²) in [5.74, 6) is 1.08. The lowest BCUT2D eigenvalue weighted by Crippen LogP contribution is -2.33. The van der Waals surface area contributed by atoms with Gasteiger partial charge in [-0.15, -0.1) is 11.3 Å². The standard InChI is InChI=1S/C15H23N3S/c1-5-15(2,3)11-17-13(12-7-6-10-19-12)14-16-8-9-18(14)4/h6-10,13,17H,5,11H2,1-4H3. The first-order chi connectivity index (χ1) is 9.03. The van der Waals surface area contributed by atoms with Gasteiger partial charge < -0.3 is 9.88 Å². The van der Waals surface area contributed by atoms with Gasteiger partial charge in [0, 0.05) is 30.9 Å². The summed E-state index contributed by atoms with van der Waals surface area (Å²) in [4.78, 5) is 5.83. The van der Waals surface area contributed by atoms with Crippen molar-refractivity contribution in [3.8, 4) is 0 Å². The van der Waals surface area contributed by atoms with Crippen LogP contribution in [0.1, 0.15) is 43.9 Å². The van der Waals surface area contributed by atoms with Gasteiger partial charge in [-0.3, -0.25) is 0 Å². The fourth-order valence-electron chi connectivity index (χ4n) is 1.93. The second-order valence-corrected chi connectivity index (χ2v) is 6.72. The smallest absolute Gasteiger partial charge is 0.131 e. The van der Waals surface area contributed by atoms with Gasteiger partial charge in [-0.25, -0.2) is 4.98 Å². The van der Waals surface area contributed by atoms with Crippen LogP contribution in [0.4, 0.5) is 0 Å². The second-order valence-electron chi connectivity index (χ2n) is 5.74. The molecule has 19 heavy (non-hydrogen) atoms. The van der Waals surface area contributed by atoms with Crippen molar-refractivity contribution in [2.45, 2.75) is 33.2 Å². The molecule has 104 valence electrons. The van der Waals surface area contributed by atoms with Crippen LogP contribution in [-0.2, 0) is 7.05 Å². The van der Waals surface area contributed by atoms with Crippen LogP contribution in [0, 0.1) is 5.41 Å². The Hall–Kier alpha value is -1.13. The highest BCUT2D eigenvalue weighted by Crippen LogP contribution is 2.27. The lowest BCUT2D eigenvalue weighted by molar-refractivity contribution is 0.315. The molecule has 1 atom stereocenters. The van der Waals surface area contributed by atoms with Crippen molar-refractivity contribution in [3.05, 3.63) is 40.6 Å². The number of rotatable bonds is 6. The van der Waals surface area contributed by atoms with E-state index >= 15 is 0 Å². The Kier molecular flexibility index (Phi) is 4.42. The molecule has 1 N–H and O–H groups in total. The van der Waals surface area contributed by atoms with Crippen molar-refractivity contribution in [2.24, 2.45) is 12.5 Å². The molecule has 0 saturated carbocycles. The molecule has 0 fully saturated rings. The molecule has 2 aromatic rings. The summed E-state index contributed by atoms with van der Waals surface area (Å²) in [5, 5.41) is 5.81. The molecule has 0 spiro atoms. The Balaban J connectivity index is 2.19. The number of hydrogen-bond donors (Lipinski definition) is 1. The lowest BCUT2D eigenvalue weighted by Gasteiger charge is -2.26. The second kappa shape index (κ2) is 5.88. The van der Waals surface area contributed by atoms with Crippen LogP contribution >= 0.6 is 11.3 Å². The molecule has 0 saturated heterocycles. The van der Waals surface area contributed by atoms with Gasteiger partial charge in [-0.1, -0.05) is 26.8 Å². The Labute approximate surface area is 119 Å². The van der Waals surface area contributed by atoms with E-state index in [9.17, 15) is 0 Å². The number of imidazole rings is 1. The van der Waals surface area contributed by atoms with Crippen LogP contribution in [0.25, 0.3) is 0 Å². The van der Waals surface area contributed by atoms with E-state index in [1.54, 1.807) is 11.3 Å². The maximum Gasteiger partial charge on any atom is 0.131 e. The van der Waals surface area contributed by atoms with E-state index in [1.807, 2.05) is 12.4 Å². The van der Waals surface area contributed by atoms with E-state index in [1.165, 1.54) is 4.88 Å². The van der Waals surface area contributed by atoms with Gasteiger partial charge in [0.2, 0.25) is 0 Å². The third kappa shape index (κ3) is 3.45. The highest BCUT2D eigenvalue weighted by atomic mass is 32.1. The molecule has 2 aromatic heterocycles. The molecular formula is C15H23N3S. The molecule has 0 amide bonds. The maximum absolute atomic E-state index is 4.51. The summed E-state index contributed by atoms with van der Waals surface area (Å²) < 4.78 is 2.09. The van der Waals surface area contributed by atoms with Crippen LogP contribution in [-0.4, -0.2) is 16.1 Å². The first kappa shape index (κ1) is 14.3. The van der Waals surface area contributed by atoms with E-state index < -0.39 is 0 Å². The Morgan fingerprint density at radius 1 is 1.47 bits per heavy atom. The highest BCUT2D eigenvalue weighted by Gasteiger charge is 2.22. The monoisotopic (exact) mass is 277 g/mol. The topological polar surface area (TPSA) is 29.9 Å². The molecule has 0 bridgehead atoms. The van der Waals surface area contributed by atoms with E-state index in [-0.39, 0.29) is 6.04 Å². The fourth-order valence-corrected chi connectivity index (χ4v) is 2.73. The van der Waals surface area contributed by atoms with Gasteiger partial charge in [-0.05, 0) is 23.3 Å². The number of nitrogens with zero attached hydrogens (tertiary/aromatic N) is 2. The summed E-state index contributed by atoms with van der Waals surface area (Å²) in [6.45, 7) is 7.81. The van der Waals surface area contributed by atoms with Crippen LogP contribution in [0.2, 0.25) is 0 Å². The SMILES string of the molecule is CCC(C)(C)CNC(c1cccs1)c1nccn1C. The largest absolute Gasteiger partial charge is 0.336 e. The van der Waals surface area contributed by atoms with E-state index in [4.69, 9.17) is 0 Å². The van der Waals surface area contributed by atoms with Crippen molar-refractivity contribution in [3.63, 3.8) is 0 Å². The molecule has 0 aromatic carbocycles. The molecular weight excluding hydrogens is 254 g/mol. The predicted octanol–water partition coefficient (Wildman–Crippen LogP) is 3.60. The summed E-state index contributed by atoms with van der Waals surface area (Å²) in [7, 11) is 2.05. The first-order valence-electron chi connectivity index (χ1n) is 6.77. The zero-order valence-electron chi connectivity index (χ0n) is 12.2. The van der Waals surface area contributed by atoms with Crippen LogP contribution in [0.3, 0.4) is 0 Å². The lowest BCUT2D eigenvalue weighted by atomic mass is 9.90. The fraction of sp³-hybridized carbons (Fsp3) is 0.533. The number of nitrogens with one attached hydrogen (secondary N) is 1. The number of hydrogen-bond acceptors (Lipinski definition) is 3. The predicted molar refractivity (Wildman–Crippen MR) is 81.4 cm³/mol. The van der Waals surface area contributed by atoms with Crippen molar-refractivity contribution in [1.82, 2.24) is 14.9 Å². The average Bonchev–Trinajstić information content (AvgIpc) is 3.02. The Morgan fingerprint density at radius 3 is 2.79 bits per heavy atom. The molecule has 0 aliphatic heterocycles. The number of aryl methyl sites for hydroxylation is 1. The summed E-state index contributed by atoms with van der Waals surface area (Å²) >= 11 is 1.78. The van der Waals surface area contributed by atoms with Crippen molar-refractivity contribution in [1.29, 1.82) is 0 Å². The first-order valence-corrected chi connectivity index (χ1v) is 7.65. The molecule has 2 rings (SSSR count). The van der Waals surface area contributed by atoms with Crippen LogP contribution < -0.4 is 5.32 Å². The minimum absolute atomic E-state index is 0.186. The molecule has 0 radical (unpaired) electrons. The minimum Gasteiger partial charge on any atom is -0.336 e. The number of thiophene rings is 1. The van der Waals surface area contributed by atoms with E-state index in [0.29, 0.717) is 5.41 Å². The third-order valence-corrected chi connectivity index (χ3v) is 4.62. The Morgan fingerprint density at radius 2 is 2.26 bits per heavy atom. The van der Waals surface area contributed by atoms with Gasteiger partial charge in [0.15, 0.2) is 0 Å². The quantitative estimate of drug-likeness (QED) is 0.874. The van der Waals surface area contributed by atoms with Crippen LogP contribution in [0.5, 0.6) is 0 Å². The summed E-state index contributed by atoms with van der Waals surface area (Å²) in [6, 6.07) is 4.46. The normalized spacial score (nSPS) is 13.7. The van der Waals surface area contributed by atoms with Crippen molar-refractivity contribution < 1.29 is 0 Å². The average molecular weight is 277 g/mol. The molecule has 1 unspecified atom stereocenters. The van der Waals surface area contributed by atoms with Gasteiger partial charge in [0.1, 0.15) is 11.9 Å². The maximum atomic E-state index is 4.51. The van der Waals surface area contributed by atoms with Gasteiger partial charge in [-0.2, -0.15) is 0 Å². The van der Waals surface area contributed by atoms with Crippen molar-refractivity contribution in [2.75, 3.05) is 6.54 Å². The van der Waals surface area contributed by atoms with Gasteiger partial charge in [0.05, 0.1) is 0 Å². The molecule has 4 heteroatoms. The zero-order valence-corrected chi connectivity index (χ0v) is 13.0. The minimum atomic E-state index is 0.186. The Bertz CT molecular complexity index is 499. The molecule has 3 nitrogen and oxygen atoms in total. The summed E-state index contributed by atoms with van der Waals surface area (Å²) in [6.07, 6.45) is 5.03.